The van der Waals surface area contributed by atoms with E-state index in [4.69, 9.17) is 0 Å². The summed E-state index contributed by atoms with van der Waals surface area (Å²) in [6.07, 6.45) is 5.94. The van der Waals surface area contributed by atoms with E-state index in [9.17, 15) is 22.8 Å². The third-order valence-corrected chi connectivity index (χ3v) is 9.04. The van der Waals surface area contributed by atoms with Crippen molar-refractivity contribution in [3.8, 4) is 0 Å². The lowest BCUT2D eigenvalue weighted by atomic mass is 9.95. The molecule has 37 heavy (non-hydrogen) atoms. The molecule has 0 bridgehead atoms. The summed E-state index contributed by atoms with van der Waals surface area (Å²) in [5.74, 6) is -0.954. The smallest absolute Gasteiger partial charge is 0.269 e. The highest BCUT2D eigenvalue weighted by Gasteiger charge is 2.40. The number of amides is 3. The molecule has 4 rings (SSSR count). The Morgan fingerprint density at radius 1 is 1.03 bits per heavy atom. The standard InChI is InChI=1S/C28H35N3O5S/c1-2-24(27(33)29-22-14-7-4-8-15-22)30(20-21-12-5-3-6-13-21)26(32)18-11-19-31-28(34)23-16-9-10-17-25(23)37(31,35)36/h3,5-6,9-10,12-13,16-17,22,24H,2,4,7-8,11,14-15,18-20H2,1H3,(H,29,33). The summed E-state index contributed by atoms with van der Waals surface area (Å²) < 4.78 is 26.5. The molecule has 1 aliphatic heterocycles. The SMILES string of the molecule is CCC(C(=O)NC1CCCCC1)N(Cc1ccccc1)C(=O)CCCN1C(=O)c2ccccc2S1(=O)=O. The minimum atomic E-state index is -3.92. The number of hydrogen-bond donors (Lipinski definition) is 1. The lowest BCUT2D eigenvalue weighted by molar-refractivity contribution is -0.141. The first-order valence-corrected chi connectivity index (χ1v) is 14.6. The Hall–Kier alpha value is -3.20. The van der Waals surface area contributed by atoms with E-state index in [1.165, 1.54) is 18.6 Å². The number of rotatable bonds is 10. The van der Waals surface area contributed by atoms with Gasteiger partial charge in [-0.05, 0) is 43.4 Å². The van der Waals surface area contributed by atoms with Gasteiger partial charge in [0.15, 0.2) is 0 Å². The van der Waals surface area contributed by atoms with Crippen molar-refractivity contribution in [1.29, 1.82) is 0 Å². The summed E-state index contributed by atoms with van der Waals surface area (Å²) in [5, 5.41) is 3.15. The summed E-state index contributed by atoms with van der Waals surface area (Å²) in [4.78, 5) is 41.0. The van der Waals surface area contributed by atoms with Crippen LogP contribution >= 0.6 is 0 Å². The molecule has 2 aromatic rings. The Labute approximate surface area is 219 Å². The Kier molecular flexibility index (Phi) is 8.63. The maximum absolute atomic E-state index is 13.5. The van der Waals surface area contributed by atoms with Crippen molar-refractivity contribution in [2.45, 2.75) is 81.8 Å². The van der Waals surface area contributed by atoms with E-state index in [0.29, 0.717) is 6.42 Å². The van der Waals surface area contributed by atoms with Crippen LogP contribution in [0.4, 0.5) is 0 Å². The van der Waals surface area contributed by atoms with Crippen molar-refractivity contribution in [2.75, 3.05) is 6.54 Å². The lowest BCUT2D eigenvalue weighted by Crippen LogP contribution is -2.51. The molecule has 1 aliphatic carbocycles. The molecule has 1 N–H and O–H groups in total. The molecule has 3 amide bonds. The van der Waals surface area contributed by atoms with Crippen molar-refractivity contribution in [2.24, 2.45) is 0 Å². The maximum Gasteiger partial charge on any atom is 0.269 e. The Morgan fingerprint density at radius 3 is 2.38 bits per heavy atom. The van der Waals surface area contributed by atoms with Gasteiger partial charge in [0.25, 0.3) is 15.9 Å². The van der Waals surface area contributed by atoms with Crippen LogP contribution in [0.15, 0.2) is 59.5 Å². The van der Waals surface area contributed by atoms with Crippen LogP contribution in [0.5, 0.6) is 0 Å². The molecule has 2 aliphatic rings. The van der Waals surface area contributed by atoms with E-state index >= 15 is 0 Å². The molecule has 198 valence electrons. The second-order valence-corrected chi connectivity index (χ2v) is 11.6. The highest BCUT2D eigenvalue weighted by atomic mass is 32.2. The zero-order valence-electron chi connectivity index (χ0n) is 21.3. The van der Waals surface area contributed by atoms with E-state index in [2.05, 4.69) is 5.32 Å². The summed E-state index contributed by atoms with van der Waals surface area (Å²) >= 11 is 0. The molecule has 0 aromatic heterocycles. The lowest BCUT2D eigenvalue weighted by Gasteiger charge is -2.33. The molecule has 1 heterocycles. The first-order chi connectivity index (χ1) is 17.8. The van der Waals surface area contributed by atoms with Gasteiger partial charge >= 0.3 is 0 Å². The minimum Gasteiger partial charge on any atom is -0.352 e. The fraction of sp³-hybridized carbons (Fsp3) is 0.464. The molecule has 1 atom stereocenters. The molecule has 8 nitrogen and oxygen atoms in total. The minimum absolute atomic E-state index is 0.00228. The first kappa shape index (κ1) is 26.9. The van der Waals surface area contributed by atoms with Crippen molar-refractivity contribution >= 4 is 27.7 Å². The quantitative estimate of drug-likeness (QED) is 0.507. The van der Waals surface area contributed by atoms with Gasteiger partial charge in [-0.2, -0.15) is 0 Å². The third-order valence-electron chi connectivity index (χ3n) is 7.20. The van der Waals surface area contributed by atoms with Gasteiger partial charge in [-0.3, -0.25) is 14.4 Å². The van der Waals surface area contributed by atoms with Gasteiger partial charge in [0.2, 0.25) is 11.8 Å². The van der Waals surface area contributed by atoms with Crippen molar-refractivity contribution in [3.05, 3.63) is 65.7 Å². The second-order valence-electron chi connectivity index (χ2n) is 9.76. The molecule has 1 saturated carbocycles. The van der Waals surface area contributed by atoms with Gasteiger partial charge in [-0.1, -0.05) is 68.7 Å². The Bertz CT molecular complexity index is 1230. The van der Waals surface area contributed by atoms with Crippen LogP contribution in [0.3, 0.4) is 0 Å². The average molecular weight is 526 g/mol. The van der Waals surface area contributed by atoms with E-state index in [-0.39, 0.29) is 54.2 Å². The van der Waals surface area contributed by atoms with E-state index < -0.39 is 22.0 Å². The molecule has 0 radical (unpaired) electrons. The van der Waals surface area contributed by atoms with Crippen molar-refractivity contribution in [1.82, 2.24) is 14.5 Å². The number of nitrogens with one attached hydrogen (secondary N) is 1. The summed E-state index contributed by atoms with van der Waals surface area (Å²) in [6.45, 7) is 2.08. The van der Waals surface area contributed by atoms with Gasteiger partial charge in [-0.15, -0.1) is 0 Å². The number of hydrogen-bond acceptors (Lipinski definition) is 5. The zero-order valence-corrected chi connectivity index (χ0v) is 22.1. The second kappa shape index (κ2) is 11.9. The average Bonchev–Trinajstić information content (AvgIpc) is 3.10. The number of benzene rings is 2. The molecule has 0 saturated heterocycles. The van der Waals surface area contributed by atoms with Crippen LogP contribution in [0.25, 0.3) is 0 Å². The monoisotopic (exact) mass is 525 g/mol. The Balaban J connectivity index is 1.45. The number of carbonyl (C=O) groups is 3. The van der Waals surface area contributed by atoms with Gasteiger partial charge in [0.05, 0.1) is 5.56 Å². The fourth-order valence-electron chi connectivity index (χ4n) is 5.21. The topological polar surface area (TPSA) is 104 Å². The molecule has 1 fully saturated rings. The largest absolute Gasteiger partial charge is 0.352 e. The highest BCUT2D eigenvalue weighted by molar-refractivity contribution is 7.90. The van der Waals surface area contributed by atoms with E-state index in [1.54, 1.807) is 17.0 Å². The van der Waals surface area contributed by atoms with Crippen LogP contribution < -0.4 is 5.32 Å². The first-order valence-electron chi connectivity index (χ1n) is 13.1. The normalized spacial score (nSPS) is 17.8. The third kappa shape index (κ3) is 6.04. The molecule has 2 aromatic carbocycles. The predicted molar refractivity (Wildman–Crippen MR) is 140 cm³/mol. The fourth-order valence-corrected chi connectivity index (χ4v) is 6.82. The van der Waals surface area contributed by atoms with Crippen LogP contribution in [-0.4, -0.2) is 54.0 Å². The zero-order chi connectivity index (χ0) is 26.4. The van der Waals surface area contributed by atoms with Gasteiger partial charge in [0, 0.05) is 25.6 Å². The van der Waals surface area contributed by atoms with Gasteiger partial charge in [0.1, 0.15) is 10.9 Å². The number of nitrogens with zero attached hydrogens (tertiary/aromatic N) is 2. The van der Waals surface area contributed by atoms with Crippen LogP contribution in [0.1, 0.15) is 74.2 Å². The van der Waals surface area contributed by atoms with Crippen LogP contribution in [0, 0.1) is 0 Å². The summed E-state index contributed by atoms with van der Waals surface area (Å²) in [6, 6.07) is 15.2. The number of sulfonamides is 1. The van der Waals surface area contributed by atoms with E-state index in [0.717, 1.165) is 35.6 Å². The molecular weight excluding hydrogens is 490 g/mol. The Morgan fingerprint density at radius 2 is 1.70 bits per heavy atom. The highest BCUT2D eigenvalue weighted by Crippen LogP contribution is 2.30. The van der Waals surface area contributed by atoms with Gasteiger partial charge < -0.3 is 10.2 Å². The predicted octanol–water partition coefficient (Wildman–Crippen LogP) is 3.87. The molecule has 0 spiro atoms. The number of carbonyl (C=O) groups excluding carboxylic acids is 3. The van der Waals surface area contributed by atoms with Gasteiger partial charge in [-0.25, -0.2) is 12.7 Å². The van der Waals surface area contributed by atoms with Crippen LogP contribution in [0.2, 0.25) is 0 Å². The van der Waals surface area contributed by atoms with Crippen molar-refractivity contribution in [3.63, 3.8) is 0 Å². The molecule has 1 unspecified atom stereocenters. The van der Waals surface area contributed by atoms with Crippen LogP contribution in [-0.2, 0) is 26.2 Å². The summed E-state index contributed by atoms with van der Waals surface area (Å²) in [5.41, 5.74) is 1.07. The summed E-state index contributed by atoms with van der Waals surface area (Å²) in [7, 11) is -3.92. The molecular formula is C28H35N3O5S. The number of fused-ring (bicyclic) bond motifs is 1. The molecule has 9 heteroatoms. The maximum atomic E-state index is 13.5. The van der Waals surface area contributed by atoms with E-state index in [1.807, 2.05) is 37.3 Å². The van der Waals surface area contributed by atoms with Crippen molar-refractivity contribution < 1.29 is 22.8 Å².